The number of carbonyl (C=O) groups excluding carboxylic acids is 2. The van der Waals surface area contributed by atoms with Gasteiger partial charge in [-0.3, -0.25) is 4.79 Å². The molecule has 0 aliphatic rings. The van der Waals surface area contributed by atoms with Crippen LogP contribution in [0.5, 0.6) is 0 Å². The summed E-state index contributed by atoms with van der Waals surface area (Å²) < 4.78 is 18.5. The molecule has 1 atom stereocenters. The van der Waals surface area contributed by atoms with Crippen molar-refractivity contribution in [2.45, 2.75) is 26.8 Å². The van der Waals surface area contributed by atoms with Crippen LogP contribution < -0.4 is 5.32 Å². The minimum atomic E-state index is -0.761. The predicted molar refractivity (Wildman–Crippen MR) is 104 cm³/mol. The van der Waals surface area contributed by atoms with Gasteiger partial charge in [-0.05, 0) is 55.7 Å². The van der Waals surface area contributed by atoms with Gasteiger partial charge in [0.05, 0.1) is 11.1 Å². The second-order valence-electron chi connectivity index (χ2n) is 6.21. The molecule has 2 rings (SSSR count). The predicted octanol–water partition coefficient (Wildman–Crippen LogP) is 4.53. The zero-order chi connectivity index (χ0) is 20.0. The highest BCUT2D eigenvalue weighted by atomic mass is 35.5. The maximum Gasteiger partial charge on any atom is 0.331 e. The van der Waals surface area contributed by atoms with Crippen molar-refractivity contribution in [3.05, 3.63) is 75.6 Å². The van der Waals surface area contributed by atoms with Crippen molar-refractivity contribution in [2.24, 2.45) is 0 Å². The zero-order valence-electron chi connectivity index (χ0n) is 15.4. The van der Waals surface area contributed by atoms with Crippen LogP contribution in [0.1, 0.15) is 35.2 Å². The lowest BCUT2D eigenvalue weighted by Crippen LogP contribution is -2.31. The zero-order valence-corrected chi connectivity index (χ0v) is 16.1. The molecule has 0 saturated heterocycles. The number of hydrogen-bond donors (Lipinski definition) is 1. The first kappa shape index (κ1) is 20.6. The maximum atomic E-state index is 13.6. The molecule has 0 fully saturated rings. The van der Waals surface area contributed by atoms with Gasteiger partial charge in [-0.25, -0.2) is 9.18 Å². The summed E-state index contributed by atoms with van der Waals surface area (Å²) in [4.78, 5) is 23.7. The lowest BCUT2D eigenvalue weighted by Gasteiger charge is -2.15. The van der Waals surface area contributed by atoms with E-state index < -0.39 is 24.3 Å². The van der Waals surface area contributed by atoms with E-state index in [1.54, 1.807) is 0 Å². The molecule has 0 aromatic heterocycles. The molecule has 0 saturated carbocycles. The molecule has 4 nitrogen and oxygen atoms in total. The SMILES string of the molecule is Cc1ccc([C@H](C)NC(=O)COC(=O)/C=C/c2c(F)cccc2Cl)cc1C. The van der Waals surface area contributed by atoms with Gasteiger partial charge in [0.1, 0.15) is 5.82 Å². The van der Waals surface area contributed by atoms with Crippen molar-refractivity contribution in [1.29, 1.82) is 0 Å². The fourth-order valence-corrected chi connectivity index (χ4v) is 2.63. The van der Waals surface area contributed by atoms with Gasteiger partial charge >= 0.3 is 5.97 Å². The van der Waals surface area contributed by atoms with Gasteiger partial charge in [0.2, 0.25) is 0 Å². The highest BCUT2D eigenvalue weighted by Gasteiger charge is 2.12. The third kappa shape index (κ3) is 5.93. The van der Waals surface area contributed by atoms with Crippen molar-refractivity contribution < 1.29 is 18.7 Å². The molecule has 0 unspecified atom stereocenters. The molecule has 0 aliphatic carbocycles. The summed E-state index contributed by atoms with van der Waals surface area (Å²) in [5.74, 6) is -1.73. The fourth-order valence-electron chi connectivity index (χ4n) is 2.41. The quantitative estimate of drug-likeness (QED) is 0.583. The van der Waals surface area contributed by atoms with E-state index in [2.05, 4.69) is 5.32 Å². The van der Waals surface area contributed by atoms with Gasteiger partial charge in [-0.15, -0.1) is 0 Å². The molecule has 0 bridgehead atoms. The van der Waals surface area contributed by atoms with Crippen LogP contribution in [0.15, 0.2) is 42.5 Å². The van der Waals surface area contributed by atoms with Gasteiger partial charge < -0.3 is 10.1 Å². The van der Waals surface area contributed by atoms with Crippen LogP contribution >= 0.6 is 11.6 Å². The number of benzene rings is 2. The Morgan fingerprint density at radius 1 is 1.22 bits per heavy atom. The second-order valence-corrected chi connectivity index (χ2v) is 6.62. The summed E-state index contributed by atoms with van der Waals surface area (Å²) in [5.41, 5.74) is 3.36. The van der Waals surface area contributed by atoms with E-state index in [0.29, 0.717) is 0 Å². The van der Waals surface area contributed by atoms with Gasteiger partial charge in [-0.1, -0.05) is 35.9 Å². The highest BCUT2D eigenvalue weighted by Crippen LogP contribution is 2.20. The molecule has 2 aromatic rings. The summed E-state index contributed by atoms with van der Waals surface area (Å²) >= 11 is 5.87. The van der Waals surface area contributed by atoms with E-state index in [-0.39, 0.29) is 16.6 Å². The number of halogens is 2. The molecule has 0 heterocycles. The lowest BCUT2D eigenvalue weighted by atomic mass is 10.0. The topological polar surface area (TPSA) is 55.4 Å². The summed E-state index contributed by atoms with van der Waals surface area (Å²) in [5, 5.41) is 2.95. The van der Waals surface area contributed by atoms with Crippen LogP contribution in [0, 0.1) is 19.7 Å². The number of hydrogen-bond acceptors (Lipinski definition) is 3. The molecule has 27 heavy (non-hydrogen) atoms. The van der Waals surface area contributed by atoms with Gasteiger partial charge in [0.25, 0.3) is 5.91 Å². The van der Waals surface area contributed by atoms with Crippen LogP contribution in [-0.2, 0) is 14.3 Å². The first-order chi connectivity index (χ1) is 12.8. The average Bonchev–Trinajstić information content (AvgIpc) is 2.61. The molecule has 2 aromatic carbocycles. The minimum Gasteiger partial charge on any atom is -0.452 e. The standard InChI is InChI=1S/C21H21ClFNO3/c1-13-7-8-16(11-14(13)2)15(3)24-20(25)12-27-21(26)10-9-17-18(22)5-4-6-19(17)23/h4-11,15H,12H2,1-3H3,(H,24,25)/b10-9+/t15-/m0/s1. The summed E-state index contributed by atoms with van der Waals surface area (Å²) in [6.07, 6.45) is 2.25. The Balaban J connectivity index is 1.86. The smallest absolute Gasteiger partial charge is 0.331 e. The first-order valence-corrected chi connectivity index (χ1v) is 8.81. The summed E-state index contributed by atoms with van der Waals surface area (Å²) in [6.45, 7) is 5.44. The molecule has 0 radical (unpaired) electrons. The number of rotatable bonds is 6. The Labute approximate surface area is 163 Å². The third-order valence-corrected chi connectivity index (χ3v) is 4.47. The van der Waals surface area contributed by atoms with E-state index in [1.807, 2.05) is 39.0 Å². The van der Waals surface area contributed by atoms with E-state index in [9.17, 15) is 14.0 Å². The molecular weight excluding hydrogens is 369 g/mol. The number of ether oxygens (including phenoxy) is 1. The van der Waals surface area contributed by atoms with Crippen LogP contribution in [0.4, 0.5) is 4.39 Å². The van der Waals surface area contributed by atoms with E-state index >= 15 is 0 Å². The second kappa shape index (κ2) is 9.33. The number of aryl methyl sites for hydroxylation is 2. The van der Waals surface area contributed by atoms with Crippen LogP contribution in [0.25, 0.3) is 6.08 Å². The summed E-state index contributed by atoms with van der Waals surface area (Å²) in [7, 11) is 0. The average molecular weight is 390 g/mol. The molecule has 6 heteroatoms. The van der Waals surface area contributed by atoms with Gasteiger partial charge in [-0.2, -0.15) is 0 Å². The van der Waals surface area contributed by atoms with E-state index in [1.165, 1.54) is 29.8 Å². The fraction of sp³-hybridized carbons (Fsp3) is 0.238. The van der Waals surface area contributed by atoms with Crippen LogP contribution in [0.3, 0.4) is 0 Å². The molecule has 142 valence electrons. The van der Waals surface area contributed by atoms with Crippen molar-refractivity contribution in [2.75, 3.05) is 6.61 Å². The molecular formula is C21H21ClFNO3. The van der Waals surface area contributed by atoms with E-state index in [0.717, 1.165) is 17.2 Å². The van der Waals surface area contributed by atoms with E-state index in [4.69, 9.17) is 16.3 Å². The summed E-state index contributed by atoms with van der Waals surface area (Å²) in [6, 6.07) is 9.94. The Kier molecular flexibility index (Phi) is 7.13. The lowest BCUT2D eigenvalue weighted by molar-refractivity contribution is -0.144. The number of carbonyl (C=O) groups is 2. The number of esters is 1. The molecule has 0 spiro atoms. The first-order valence-electron chi connectivity index (χ1n) is 8.43. The van der Waals surface area contributed by atoms with Crippen molar-refractivity contribution in [3.8, 4) is 0 Å². The minimum absolute atomic E-state index is 0.0870. The Morgan fingerprint density at radius 3 is 2.63 bits per heavy atom. The molecule has 0 aliphatic heterocycles. The van der Waals surface area contributed by atoms with Gasteiger partial charge in [0, 0.05) is 11.6 Å². The molecule has 1 N–H and O–H groups in total. The van der Waals surface area contributed by atoms with Crippen molar-refractivity contribution in [3.63, 3.8) is 0 Å². The van der Waals surface area contributed by atoms with Crippen LogP contribution in [0.2, 0.25) is 5.02 Å². The van der Waals surface area contributed by atoms with Crippen LogP contribution in [-0.4, -0.2) is 18.5 Å². The van der Waals surface area contributed by atoms with Gasteiger partial charge in [0.15, 0.2) is 6.61 Å². The Bertz CT molecular complexity index is 859. The largest absolute Gasteiger partial charge is 0.452 e. The normalized spacial score (nSPS) is 12.0. The highest BCUT2D eigenvalue weighted by molar-refractivity contribution is 6.32. The Morgan fingerprint density at radius 2 is 1.96 bits per heavy atom. The number of nitrogens with one attached hydrogen (secondary N) is 1. The van der Waals surface area contributed by atoms with Crippen molar-refractivity contribution in [1.82, 2.24) is 5.32 Å². The maximum absolute atomic E-state index is 13.6. The number of amides is 1. The Hall–Kier alpha value is -2.66. The monoisotopic (exact) mass is 389 g/mol. The molecule has 1 amide bonds. The third-order valence-electron chi connectivity index (χ3n) is 4.14. The van der Waals surface area contributed by atoms with Crippen molar-refractivity contribution >= 4 is 29.6 Å².